The van der Waals surface area contributed by atoms with Gasteiger partial charge in [0.2, 0.25) is 0 Å². The second-order valence-corrected chi connectivity index (χ2v) is 4.91. The number of aryl methyl sites for hydroxylation is 2. The van der Waals surface area contributed by atoms with Gasteiger partial charge in [0.15, 0.2) is 11.6 Å². The van der Waals surface area contributed by atoms with E-state index in [9.17, 15) is 8.78 Å². The van der Waals surface area contributed by atoms with Crippen LogP contribution in [0, 0.1) is 25.5 Å². The number of H-pyrrole nitrogens is 1. The molecule has 0 amide bonds. The van der Waals surface area contributed by atoms with Crippen LogP contribution in [0.25, 0.3) is 22.4 Å². The van der Waals surface area contributed by atoms with E-state index in [0.717, 1.165) is 28.8 Å². The zero-order chi connectivity index (χ0) is 14.4. The summed E-state index contributed by atoms with van der Waals surface area (Å²) in [6.07, 6.45) is 0. The molecule has 20 heavy (non-hydrogen) atoms. The third-order valence-electron chi connectivity index (χ3n) is 3.31. The van der Waals surface area contributed by atoms with Crippen molar-refractivity contribution in [2.45, 2.75) is 13.8 Å². The van der Waals surface area contributed by atoms with Gasteiger partial charge in [0.1, 0.15) is 5.82 Å². The Morgan fingerprint density at radius 1 is 1.05 bits per heavy atom. The molecule has 1 heterocycles. The number of anilines is 1. The lowest BCUT2D eigenvalue weighted by Gasteiger charge is -2.07. The number of aromatic nitrogens is 2. The molecule has 0 fully saturated rings. The number of halogens is 2. The highest BCUT2D eigenvalue weighted by Crippen LogP contribution is 2.29. The summed E-state index contributed by atoms with van der Waals surface area (Å²) in [7, 11) is 0. The van der Waals surface area contributed by atoms with Crippen LogP contribution in [0.3, 0.4) is 0 Å². The van der Waals surface area contributed by atoms with Gasteiger partial charge in [-0.3, -0.25) is 0 Å². The Kier molecular flexibility index (Phi) is 2.71. The molecular weight excluding hydrogens is 260 g/mol. The fourth-order valence-electron chi connectivity index (χ4n) is 2.31. The monoisotopic (exact) mass is 273 g/mol. The summed E-state index contributed by atoms with van der Waals surface area (Å²) in [6.45, 7) is 3.87. The van der Waals surface area contributed by atoms with E-state index >= 15 is 0 Å². The number of nitrogens with two attached hydrogens (primary N) is 1. The lowest BCUT2D eigenvalue weighted by molar-refractivity contribution is 0.510. The molecule has 3 rings (SSSR count). The van der Waals surface area contributed by atoms with Crippen LogP contribution in [0.4, 0.5) is 14.5 Å². The predicted molar refractivity (Wildman–Crippen MR) is 75.3 cm³/mol. The van der Waals surface area contributed by atoms with Gasteiger partial charge in [-0.25, -0.2) is 13.8 Å². The first kappa shape index (κ1) is 12.6. The minimum absolute atomic E-state index is 0.373. The van der Waals surface area contributed by atoms with Crippen molar-refractivity contribution in [3.05, 3.63) is 47.0 Å². The number of nitrogens with one attached hydrogen (secondary N) is 1. The fraction of sp³-hybridized carbons (Fsp3) is 0.133. The number of rotatable bonds is 1. The lowest BCUT2D eigenvalue weighted by Crippen LogP contribution is -1.95. The van der Waals surface area contributed by atoms with Crippen molar-refractivity contribution in [1.82, 2.24) is 9.97 Å². The molecule has 0 aliphatic heterocycles. The van der Waals surface area contributed by atoms with Crippen molar-refractivity contribution in [3.8, 4) is 11.4 Å². The van der Waals surface area contributed by atoms with Crippen LogP contribution in [0.2, 0.25) is 0 Å². The maximum atomic E-state index is 13.2. The zero-order valence-corrected chi connectivity index (χ0v) is 11.1. The average Bonchev–Trinajstić information content (AvgIpc) is 2.77. The number of nitrogen functional groups attached to an aromatic ring is 1. The molecule has 0 aliphatic rings. The number of aromatic amines is 1. The highest BCUT2D eigenvalue weighted by molar-refractivity contribution is 5.83. The average molecular weight is 273 g/mol. The van der Waals surface area contributed by atoms with Crippen LogP contribution >= 0.6 is 0 Å². The SMILES string of the molecule is Cc1cc(C)c(N)c(-c2nc3cc(F)c(F)cc3[nH]2)c1. The Labute approximate surface area is 114 Å². The van der Waals surface area contributed by atoms with Crippen molar-refractivity contribution in [2.24, 2.45) is 0 Å². The van der Waals surface area contributed by atoms with Crippen LogP contribution in [-0.4, -0.2) is 9.97 Å². The van der Waals surface area contributed by atoms with Crippen LogP contribution in [0.5, 0.6) is 0 Å². The van der Waals surface area contributed by atoms with Crippen molar-refractivity contribution < 1.29 is 8.78 Å². The summed E-state index contributed by atoms with van der Waals surface area (Å²) < 4.78 is 26.4. The van der Waals surface area contributed by atoms with Crippen LogP contribution in [0.15, 0.2) is 24.3 Å². The highest BCUT2D eigenvalue weighted by atomic mass is 19.2. The summed E-state index contributed by atoms with van der Waals surface area (Å²) in [4.78, 5) is 7.26. The molecule has 0 saturated carbocycles. The first-order chi connectivity index (χ1) is 9.45. The Balaban J connectivity index is 2.25. The van der Waals surface area contributed by atoms with Crippen molar-refractivity contribution in [3.63, 3.8) is 0 Å². The topological polar surface area (TPSA) is 54.7 Å². The molecule has 0 unspecified atom stereocenters. The van der Waals surface area contributed by atoms with E-state index in [4.69, 9.17) is 5.73 Å². The quantitative estimate of drug-likeness (QED) is 0.664. The van der Waals surface area contributed by atoms with Gasteiger partial charge in [-0.2, -0.15) is 0 Å². The van der Waals surface area contributed by atoms with Crippen molar-refractivity contribution in [2.75, 3.05) is 5.73 Å². The molecule has 3 nitrogen and oxygen atoms in total. The lowest BCUT2D eigenvalue weighted by atomic mass is 10.0. The maximum absolute atomic E-state index is 13.2. The molecule has 0 radical (unpaired) electrons. The summed E-state index contributed by atoms with van der Waals surface area (Å²) in [6, 6.07) is 6.04. The number of hydrogen-bond donors (Lipinski definition) is 2. The number of benzene rings is 2. The molecule has 3 N–H and O–H groups in total. The molecule has 3 aromatic rings. The molecule has 1 aromatic heterocycles. The van der Waals surface area contributed by atoms with E-state index < -0.39 is 11.6 Å². The van der Waals surface area contributed by atoms with Gasteiger partial charge in [0.25, 0.3) is 0 Å². The first-order valence-corrected chi connectivity index (χ1v) is 6.17. The second kappa shape index (κ2) is 4.30. The minimum atomic E-state index is -0.913. The third-order valence-corrected chi connectivity index (χ3v) is 3.31. The standard InChI is InChI=1S/C15H13F2N3/c1-7-3-8(2)14(18)9(4-7)15-19-12-5-10(16)11(17)6-13(12)20-15/h3-6H,18H2,1-2H3,(H,19,20). The van der Waals surface area contributed by atoms with Crippen molar-refractivity contribution >= 4 is 16.7 Å². The van der Waals surface area contributed by atoms with Gasteiger partial charge >= 0.3 is 0 Å². The van der Waals surface area contributed by atoms with Gasteiger partial charge < -0.3 is 10.7 Å². The minimum Gasteiger partial charge on any atom is -0.398 e. The number of imidazole rings is 1. The Bertz CT molecular complexity index is 783. The third kappa shape index (κ3) is 1.91. The van der Waals surface area contributed by atoms with E-state index in [2.05, 4.69) is 9.97 Å². The predicted octanol–water partition coefficient (Wildman–Crippen LogP) is 3.71. The van der Waals surface area contributed by atoms with Crippen LogP contribution in [0.1, 0.15) is 11.1 Å². The molecule has 0 aliphatic carbocycles. The van der Waals surface area contributed by atoms with Gasteiger partial charge in [-0.1, -0.05) is 6.07 Å². The molecule has 5 heteroatoms. The number of nitrogens with zero attached hydrogens (tertiary/aromatic N) is 1. The highest BCUT2D eigenvalue weighted by Gasteiger charge is 2.13. The van der Waals surface area contributed by atoms with E-state index in [1.807, 2.05) is 26.0 Å². The summed E-state index contributed by atoms with van der Waals surface area (Å²) in [5.41, 5.74) is 10.2. The molecule has 0 atom stereocenters. The summed E-state index contributed by atoms with van der Waals surface area (Å²) >= 11 is 0. The Morgan fingerprint density at radius 3 is 2.50 bits per heavy atom. The second-order valence-electron chi connectivity index (χ2n) is 4.91. The summed E-state index contributed by atoms with van der Waals surface area (Å²) in [5.74, 6) is -1.31. The van der Waals surface area contributed by atoms with Gasteiger partial charge in [0, 0.05) is 23.4 Å². The normalized spacial score (nSPS) is 11.2. The summed E-state index contributed by atoms with van der Waals surface area (Å²) in [5, 5.41) is 0. The van der Waals surface area contributed by atoms with Gasteiger partial charge in [0.05, 0.1) is 11.0 Å². The molecule has 0 bridgehead atoms. The number of fused-ring (bicyclic) bond motifs is 1. The van der Waals surface area contributed by atoms with Crippen LogP contribution in [-0.2, 0) is 0 Å². The zero-order valence-electron chi connectivity index (χ0n) is 11.1. The van der Waals surface area contributed by atoms with Gasteiger partial charge in [-0.05, 0) is 31.0 Å². The van der Waals surface area contributed by atoms with E-state index in [0.29, 0.717) is 22.5 Å². The molecule has 2 aromatic carbocycles. The molecule has 102 valence electrons. The first-order valence-electron chi connectivity index (χ1n) is 6.17. The van der Waals surface area contributed by atoms with Gasteiger partial charge in [-0.15, -0.1) is 0 Å². The smallest absolute Gasteiger partial charge is 0.161 e. The Morgan fingerprint density at radius 2 is 1.75 bits per heavy atom. The largest absolute Gasteiger partial charge is 0.398 e. The number of hydrogen-bond acceptors (Lipinski definition) is 2. The molecule has 0 spiro atoms. The van der Waals surface area contributed by atoms with E-state index in [1.165, 1.54) is 0 Å². The maximum Gasteiger partial charge on any atom is 0.161 e. The van der Waals surface area contributed by atoms with Crippen molar-refractivity contribution in [1.29, 1.82) is 0 Å². The molecule has 0 saturated heterocycles. The fourth-order valence-corrected chi connectivity index (χ4v) is 2.31. The van der Waals surface area contributed by atoms with E-state index in [-0.39, 0.29) is 0 Å². The Hall–Kier alpha value is -2.43. The van der Waals surface area contributed by atoms with E-state index in [1.54, 1.807) is 0 Å². The van der Waals surface area contributed by atoms with Crippen LogP contribution < -0.4 is 5.73 Å². The molecular formula is C15H13F2N3.